The Hall–Kier alpha value is -1.91. The summed E-state index contributed by atoms with van der Waals surface area (Å²) in [6.45, 7) is 7.93. The summed E-state index contributed by atoms with van der Waals surface area (Å²) < 4.78 is 2.16. The Kier molecular flexibility index (Phi) is 3.92. The quantitative estimate of drug-likeness (QED) is 0.877. The second kappa shape index (κ2) is 5.62. The Morgan fingerprint density at radius 2 is 1.94 bits per heavy atom. The maximum Gasteiger partial charge on any atom is 0.222 e. The van der Waals surface area contributed by atoms with Gasteiger partial charge in [0, 0.05) is 43.8 Å². The zero-order valence-electron chi connectivity index (χ0n) is 11.1. The third kappa shape index (κ3) is 3.06. The van der Waals surface area contributed by atoms with Crippen molar-refractivity contribution < 1.29 is 0 Å². The van der Waals surface area contributed by atoms with Crippen molar-refractivity contribution in [1.82, 2.24) is 19.5 Å². The fourth-order valence-corrected chi connectivity index (χ4v) is 1.78. The van der Waals surface area contributed by atoms with E-state index >= 15 is 0 Å². The van der Waals surface area contributed by atoms with Crippen LogP contribution in [0, 0.1) is 6.92 Å². The monoisotopic (exact) mass is 245 g/mol. The van der Waals surface area contributed by atoms with Crippen LogP contribution in [0.3, 0.4) is 0 Å². The van der Waals surface area contributed by atoms with Crippen LogP contribution < -0.4 is 5.32 Å². The van der Waals surface area contributed by atoms with Gasteiger partial charge in [-0.1, -0.05) is 13.8 Å². The molecule has 0 aliphatic heterocycles. The number of aryl methyl sites for hydroxylation is 1. The maximum atomic E-state index is 4.36. The van der Waals surface area contributed by atoms with Gasteiger partial charge in [-0.05, 0) is 12.5 Å². The minimum absolute atomic E-state index is 0.440. The molecule has 5 nitrogen and oxygen atoms in total. The molecular weight excluding hydrogens is 226 g/mol. The van der Waals surface area contributed by atoms with Crippen LogP contribution in [0.25, 0.3) is 0 Å². The molecule has 0 fully saturated rings. The Morgan fingerprint density at radius 1 is 1.22 bits per heavy atom. The number of nitrogens with one attached hydrogen (secondary N) is 1. The van der Waals surface area contributed by atoms with Crippen LogP contribution in [0.15, 0.2) is 24.8 Å². The van der Waals surface area contributed by atoms with Crippen LogP contribution in [0.1, 0.15) is 31.2 Å². The first-order valence-corrected chi connectivity index (χ1v) is 6.20. The number of nitrogens with zero attached hydrogens (tertiary/aromatic N) is 4. The lowest BCUT2D eigenvalue weighted by molar-refractivity contribution is 0.635. The van der Waals surface area contributed by atoms with E-state index in [1.807, 2.05) is 31.7 Å². The number of imidazole rings is 1. The molecule has 0 radical (unpaired) electrons. The Balaban J connectivity index is 1.88. The Labute approximate surface area is 107 Å². The van der Waals surface area contributed by atoms with Gasteiger partial charge in [0.2, 0.25) is 5.95 Å². The predicted octanol–water partition coefficient (Wildman–Crippen LogP) is 2.22. The molecule has 18 heavy (non-hydrogen) atoms. The molecule has 5 heteroatoms. The molecule has 0 unspecified atom stereocenters. The molecular formula is C13H19N5. The van der Waals surface area contributed by atoms with Crippen LogP contribution in [0.5, 0.6) is 0 Å². The van der Waals surface area contributed by atoms with Crippen molar-refractivity contribution >= 4 is 5.95 Å². The highest BCUT2D eigenvalue weighted by atomic mass is 15.1. The molecule has 2 rings (SSSR count). The topological polar surface area (TPSA) is 55.6 Å². The third-order valence-corrected chi connectivity index (χ3v) is 2.68. The second-order valence-electron chi connectivity index (χ2n) is 4.64. The van der Waals surface area contributed by atoms with Crippen LogP contribution in [-0.2, 0) is 6.54 Å². The zero-order valence-corrected chi connectivity index (χ0v) is 11.1. The molecule has 2 heterocycles. The summed E-state index contributed by atoms with van der Waals surface area (Å²) >= 11 is 0. The minimum atomic E-state index is 0.440. The molecule has 0 aromatic carbocycles. The number of hydrogen-bond donors (Lipinski definition) is 1. The molecule has 2 aromatic heterocycles. The molecule has 2 aromatic rings. The molecule has 0 bridgehead atoms. The third-order valence-electron chi connectivity index (χ3n) is 2.68. The zero-order chi connectivity index (χ0) is 13.0. The number of rotatable bonds is 5. The van der Waals surface area contributed by atoms with Crippen LogP contribution >= 0.6 is 0 Å². The first-order valence-electron chi connectivity index (χ1n) is 6.20. The molecule has 0 aliphatic rings. The second-order valence-corrected chi connectivity index (χ2v) is 4.64. The van der Waals surface area contributed by atoms with Gasteiger partial charge in [0.25, 0.3) is 0 Å². The van der Waals surface area contributed by atoms with E-state index in [-0.39, 0.29) is 0 Å². The summed E-state index contributed by atoms with van der Waals surface area (Å²) in [6.07, 6.45) is 7.48. The fraction of sp³-hybridized carbons (Fsp3) is 0.462. The average Bonchev–Trinajstić information content (AvgIpc) is 2.80. The molecule has 0 saturated heterocycles. The lowest BCUT2D eigenvalue weighted by atomic mass is 10.2. The predicted molar refractivity (Wildman–Crippen MR) is 71.6 cm³/mol. The van der Waals surface area contributed by atoms with E-state index in [2.05, 4.69) is 38.7 Å². The highest BCUT2D eigenvalue weighted by Gasteiger charge is 2.06. The summed E-state index contributed by atoms with van der Waals surface area (Å²) in [7, 11) is 0. The van der Waals surface area contributed by atoms with Crippen molar-refractivity contribution in [2.45, 2.75) is 33.2 Å². The molecule has 0 saturated carbocycles. The lowest BCUT2D eigenvalue weighted by Gasteiger charge is -2.10. The van der Waals surface area contributed by atoms with Crippen LogP contribution in [0.4, 0.5) is 5.95 Å². The summed E-state index contributed by atoms with van der Waals surface area (Å²) in [5.74, 6) is 2.23. The van der Waals surface area contributed by atoms with Crippen molar-refractivity contribution in [2.24, 2.45) is 0 Å². The minimum Gasteiger partial charge on any atom is -0.352 e. The molecule has 96 valence electrons. The van der Waals surface area contributed by atoms with Crippen molar-refractivity contribution in [1.29, 1.82) is 0 Å². The number of hydrogen-bond acceptors (Lipinski definition) is 4. The van der Waals surface area contributed by atoms with E-state index < -0.39 is 0 Å². The van der Waals surface area contributed by atoms with E-state index in [1.54, 1.807) is 0 Å². The van der Waals surface area contributed by atoms with E-state index in [4.69, 9.17) is 0 Å². The highest BCUT2D eigenvalue weighted by Crippen LogP contribution is 2.11. The summed E-state index contributed by atoms with van der Waals surface area (Å²) in [6, 6.07) is 0. The molecule has 1 N–H and O–H groups in total. The molecule has 0 amide bonds. The van der Waals surface area contributed by atoms with E-state index in [9.17, 15) is 0 Å². The standard InChI is InChI=1S/C13H19N5/c1-10(2)12-14-4-6-18(12)7-5-15-13-16-8-11(3)9-17-13/h4,6,8-10H,5,7H2,1-3H3,(H,15,16,17). The van der Waals surface area contributed by atoms with Crippen LogP contribution in [0.2, 0.25) is 0 Å². The van der Waals surface area contributed by atoms with E-state index in [1.165, 1.54) is 0 Å². The van der Waals surface area contributed by atoms with Crippen molar-refractivity contribution in [3.8, 4) is 0 Å². The summed E-state index contributed by atoms with van der Waals surface area (Å²) in [4.78, 5) is 12.8. The summed E-state index contributed by atoms with van der Waals surface area (Å²) in [5, 5.41) is 3.21. The average molecular weight is 245 g/mol. The van der Waals surface area contributed by atoms with Gasteiger partial charge in [-0.25, -0.2) is 15.0 Å². The first kappa shape index (κ1) is 12.5. The van der Waals surface area contributed by atoms with Gasteiger partial charge in [-0.3, -0.25) is 0 Å². The van der Waals surface area contributed by atoms with Crippen molar-refractivity contribution in [3.63, 3.8) is 0 Å². The fourth-order valence-electron chi connectivity index (χ4n) is 1.78. The van der Waals surface area contributed by atoms with Crippen molar-refractivity contribution in [3.05, 3.63) is 36.2 Å². The SMILES string of the molecule is Cc1cnc(NCCn2ccnc2C(C)C)nc1. The van der Waals surface area contributed by atoms with Gasteiger partial charge in [-0.15, -0.1) is 0 Å². The van der Waals surface area contributed by atoms with Gasteiger partial charge in [0.1, 0.15) is 5.82 Å². The smallest absolute Gasteiger partial charge is 0.222 e. The van der Waals surface area contributed by atoms with Crippen LogP contribution in [-0.4, -0.2) is 26.1 Å². The van der Waals surface area contributed by atoms with Gasteiger partial charge in [-0.2, -0.15) is 0 Å². The molecule has 0 spiro atoms. The largest absolute Gasteiger partial charge is 0.352 e. The maximum absolute atomic E-state index is 4.36. The Morgan fingerprint density at radius 3 is 2.61 bits per heavy atom. The van der Waals surface area contributed by atoms with Gasteiger partial charge >= 0.3 is 0 Å². The van der Waals surface area contributed by atoms with Crippen molar-refractivity contribution in [2.75, 3.05) is 11.9 Å². The number of anilines is 1. The molecule has 0 atom stereocenters. The highest BCUT2D eigenvalue weighted by molar-refractivity contribution is 5.23. The van der Waals surface area contributed by atoms with E-state index in [0.29, 0.717) is 11.9 Å². The first-order chi connectivity index (χ1) is 8.66. The number of aromatic nitrogens is 4. The normalized spacial score (nSPS) is 10.9. The van der Waals surface area contributed by atoms with E-state index in [0.717, 1.165) is 24.5 Å². The van der Waals surface area contributed by atoms with Gasteiger partial charge < -0.3 is 9.88 Å². The Bertz CT molecular complexity index is 486. The molecule has 0 aliphatic carbocycles. The van der Waals surface area contributed by atoms with Gasteiger partial charge in [0.15, 0.2) is 0 Å². The lowest BCUT2D eigenvalue weighted by Crippen LogP contribution is -2.14. The summed E-state index contributed by atoms with van der Waals surface area (Å²) in [5.41, 5.74) is 1.07. The van der Waals surface area contributed by atoms with Gasteiger partial charge in [0.05, 0.1) is 0 Å².